The van der Waals surface area contributed by atoms with Crippen LogP contribution in [0.25, 0.3) is 0 Å². The Hall–Kier alpha value is -2.33. The highest BCUT2D eigenvalue weighted by Gasteiger charge is 2.20. The largest absolute Gasteiger partial charge is 0.374 e. The zero-order valence-corrected chi connectivity index (χ0v) is 14.8. The third-order valence-electron chi connectivity index (χ3n) is 4.50. The molecule has 1 fully saturated rings. The molecule has 4 heteroatoms. The molecule has 1 atom stereocenters. The van der Waals surface area contributed by atoms with Gasteiger partial charge in [-0.2, -0.15) is 0 Å². The van der Waals surface area contributed by atoms with Gasteiger partial charge in [-0.25, -0.2) is 0 Å². The maximum atomic E-state index is 12.1. The number of aryl methyl sites for hydroxylation is 1. The summed E-state index contributed by atoms with van der Waals surface area (Å²) in [7, 11) is 0. The Morgan fingerprint density at radius 1 is 1.20 bits per heavy atom. The van der Waals surface area contributed by atoms with E-state index in [-0.39, 0.29) is 12.0 Å². The molecule has 1 N–H and O–H groups in total. The molecule has 0 aliphatic carbocycles. The van der Waals surface area contributed by atoms with Gasteiger partial charge in [0.05, 0.1) is 19.1 Å². The summed E-state index contributed by atoms with van der Waals surface area (Å²) in [4.78, 5) is 14.4. The molecule has 25 heavy (non-hydrogen) atoms. The smallest absolute Gasteiger partial charge is 0.224 e. The van der Waals surface area contributed by atoms with Gasteiger partial charge in [0.2, 0.25) is 5.91 Å². The lowest BCUT2D eigenvalue weighted by atomic mass is 10.1. The average Bonchev–Trinajstić information content (AvgIpc) is 2.63. The van der Waals surface area contributed by atoms with Crippen LogP contribution >= 0.6 is 0 Å². The number of benzene rings is 2. The summed E-state index contributed by atoms with van der Waals surface area (Å²) in [5.41, 5.74) is 3.47. The van der Waals surface area contributed by atoms with Gasteiger partial charge < -0.3 is 15.0 Å². The number of ether oxygens (including phenoxy) is 1. The molecule has 2 aromatic rings. The number of carbonyl (C=O) groups is 1. The summed E-state index contributed by atoms with van der Waals surface area (Å²) >= 11 is 0. The van der Waals surface area contributed by atoms with Gasteiger partial charge in [-0.1, -0.05) is 48.0 Å². The minimum absolute atomic E-state index is 0.0707. The second kappa shape index (κ2) is 8.67. The number of rotatable bonds is 6. The van der Waals surface area contributed by atoms with E-state index in [0.29, 0.717) is 13.0 Å². The molecule has 0 bridgehead atoms. The van der Waals surface area contributed by atoms with E-state index in [4.69, 9.17) is 4.74 Å². The van der Waals surface area contributed by atoms with Crippen LogP contribution in [0.2, 0.25) is 0 Å². The molecule has 132 valence electrons. The standard InChI is InChI=1S/C21H26N2O2/c1-17-6-5-7-18(14-17)15-21(24)22-11-10-20-16-23(12-13-25-20)19-8-3-2-4-9-19/h2-9,14,20H,10-13,15-16H2,1H3,(H,22,24). The first-order chi connectivity index (χ1) is 12.2. The lowest BCUT2D eigenvalue weighted by Gasteiger charge is -2.34. The van der Waals surface area contributed by atoms with Crippen LogP contribution in [0, 0.1) is 6.92 Å². The Labute approximate surface area is 149 Å². The molecular weight excluding hydrogens is 312 g/mol. The molecular formula is C21H26N2O2. The van der Waals surface area contributed by atoms with E-state index >= 15 is 0 Å². The van der Waals surface area contributed by atoms with E-state index in [1.165, 1.54) is 11.3 Å². The first-order valence-electron chi connectivity index (χ1n) is 8.94. The molecule has 1 heterocycles. The van der Waals surface area contributed by atoms with Gasteiger partial charge >= 0.3 is 0 Å². The fourth-order valence-electron chi connectivity index (χ4n) is 3.21. The van der Waals surface area contributed by atoms with Crippen LogP contribution < -0.4 is 10.2 Å². The van der Waals surface area contributed by atoms with Gasteiger partial charge in [-0.05, 0) is 31.0 Å². The summed E-state index contributed by atoms with van der Waals surface area (Å²) < 4.78 is 5.85. The maximum absolute atomic E-state index is 12.1. The predicted molar refractivity (Wildman–Crippen MR) is 101 cm³/mol. The van der Waals surface area contributed by atoms with E-state index in [1.807, 2.05) is 31.2 Å². The summed E-state index contributed by atoms with van der Waals surface area (Å²) in [6.07, 6.45) is 1.43. The molecule has 1 aliphatic heterocycles. The molecule has 0 spiro atoms. The Morgan fingerprint density at radius 2 is 2.04 bits per heavy atom. The minimum atomic E-state index is 0.0707. The van der Waals surface area contributed by atoms with E-state index in [2.05, 4.69) is 40.5 Å². The highest BCUT2D eigenvalue weighted by Crippen LogP contribution is 2.18. The van der Waals surface area contributed by atoms with Crippen LogP contribution in [0.4, 0.5) is 5.69 Å². The molecule has 1 aliphatic rings. The van der Waals surface area contributed by atoms with Crippen molar-refractivity contribution in [2.75, 3.05) is 31.1 Å². The zero-order valence-electron chi connectivity index (χ0n) is 14.8. The maximum Gasteiger partial charge on any atom is 0.224 e. The van der Waals surface area contributed by atoms with E-state index < -0.39 is 0 Å². The highest BCUT2D eigenvalue weighted by molar-refractivity contribution is 5.78. The molecule has 1 saturated heterocycles. The quantitative estimate of drug-likeness (QED) is 0.880. The fraction of sp³-hybridized carbons (Fsp3) is 0.381. The van der Waals surface area contributed by atoms with Crippen molar-refractivity contribution in [1.82, 2.24) is 5.32 Å². The van der Waals surface area contributed by atoms with Crippen LogP contribution in [-0.4, -0.2) is 38.3 Å². The third-order valence-corrected chi connectivity index (χ3v) is 4.50. The van der Waals surface area contributed by atoms with Gasteiger partial charge in [0.15, 0.2) is 0 Å². The number of morpholine rings is 1. The van der Waals surface area contributed by atoms with Gasteiger partial charge in [-0.15, -0.1) is 0 Å². The van der Waals surface area contributed by atoms with E-state index in [1.54, 1.807) is 0 Å². The summed E-state index contributed by atoms with van der Waals surface area (Å²) in [6, 6.07) is 18.5. The second-order valence-electron chi connectivity index (χ2n) is 6.58. The summed E-state index contributed by atoms with van der Waals surface area (Å²) in [5, 5.41) is 3.02. The molecule has 0 radical (unpaired) electrons. The Bertz CT molecular complexity index is 687. The van der Waals surface area contributed by atoms with Crippen LogP contribution in [0.3, 0.4) is 0 Å². The number of para-hydroxylation sites is 1. The number of carbonyl (C=O) groups excluding carboxylic acids is 1. The molecule has 2 aromatic carbocycles. The van der Waals surface area contributed by atoms with Crippen molar-refractivity contribution in [2.45, 2.75) is 25.9 Å². The van der Waals surface area contributed by atoms with Crippen molar-refractivity contribution in [2.24, 2.45) is 0 Å². The first kappa shape index (κ1) is 17.5. The topological polar surface area (TPSA) is 41.6 Å². The second-order valence-corrected chi connectivity index (χ2v) is 6.58. The normalized spacial score (nSPS) is 17.3. The number of hydrogen-bond donors (Lipinski definition) is 1. The average molecular weight is 338 g/mol. The van der Waals surface area contributed by atoms with Crippen molar-refractivity contribution >= 4 is 11.6 Å². The number of anilines is 1. The zero-order chi connectivity index (χ0) is 17.5. The molecule has 1 amide bonds. The SMILES string of the molecule is Cc1cccc(CC(=O)NCCC2CN(c3ccccc3)CCO2)c1. The predicted octanol–water partition coefficient (Wildman–Crippen LogP) is 2.95. The van der Waals surface area contributed by atoms with Crippen LogP contribution in [-0.2, 0) is 16.0 Å². The van der Waals surface area contributed by atoms with Crippen molar-refractivity contribution < 1.29 is 9.53 Å². The highest BCUT2D eigenvalue weighted by atomic mass is 16.5. The molecule has 4 nitrogen and oxygen atoms in total. The Kier molecular flexibility index (Phi) is 6.07. The lowest BCUT2D eigenvalue weighted by Crippen LogP contribution is -2.44. The van der Waals surface area contributed by atoms with Crippen LogP contribution in [0.15, 0.2) is 54.6 Å². The minimum Gasteiger partial charge on any atom is -0.374 e. The fourth-order valence-corrected chi connectivity index (χ4v) is 3.21. The van der Waals surface area contributed by atoms with Crippen molar-refractivity contribution in [3.8, 4) is 0 Å². The molecule has 1 unspecified atom stereocenters. The summed E-state index contributed by atoms with van der Waals surface area (Å²) in [5.74, 6) is 0.0707. The van der Waals surface area contributed by atoms with E-state index in [9.17, 15) is 4.79 Å². The van der Waals surface area contributed by atoms with E-state index in [0.717, 1.165) is 31.7 Å². The molecule has 0 saturated carbocycles. The van der Waals surface area contributed by atoms with Gasteiger partial charge in [0.25, 0.3) is 0 Å². The van der Waals surface area contributed by atoms with Crippen molar-refractivity contribution in [1.29, 1.82) is 0 Å². The van der Waals surface area contributed by atoms with Gasteiger partial charge in [-0.3, -0.25) is 4.79 Å². The molecule has 3 rings (SSSR count). The molecule has 0 aromatic heterocycles. The number of nitrogens with one attached hydrogen (secondary N) is 1. The van der Waals surface area contributed by atoms with Crippen molar-refractivity contribution in [3.05, 3.63) is 65.7 Å². The number of hydrogen-bond acceptors (Lipinski definition) is 3. The van der Waals surface area contributed by atoms with Crippen molar-refractivity contribution in [3.63, 3.8) is 0 Å². The van der Waals surface area contributed by atoms with Crippen LogP contribution in [0.1, 0.15) is 17.5 Å². The number of amides is 1. The Morgan fingerprint density at radius 3 is 2.84 bits per heavy atom. The third kappa shape index (κ3) is 5.33. The monoisotopic (exact) mass is 338 g/mol. The first-order valence-corrected chi connectivity index (χ1v) is 8.94. The Balaban J connectivity index is 1.41. The van der Waals surface area contributed by atoms with Crippen LogP contribution in [0.5, 0.6) is 0 Å². The van der Waals surface area contributed by atoms with Gasteiger partial charge in [0.1, 0.15) is 0 Å². The van der Waals surface area contributed by atoms with Gasteiger partial charge in [0, 0.05) is 25.3 Å². The summed E-state index contributed by atoms with van der Waals surface area (Å²) in [6.45, 7) is 5.22. The number of nitrogens with zero attached hydrogens (tertiary/aromatic N) is 1. The lowest BCUT2D eigenvalue weighted by molar-refractivity contribution is -0.120.